The third kappa shape index (κ3) is 7.95. The summed E-state index contributed by atoms with van der Waals surface area (Å²) in [6.07, 6.45) is -0.493. The average molecular weight is 419 g/mol. The second kappa shape index (κ2) is 11.9. The van der Waals surface area contributed by atoms with Crippen LogP contribution in [0.5, 0.6) is 17.2 Å². The van der Waals surface area contributed by atoms with Crippen LogP contribution in [0.3, 0.4) is 0 Å². The minimum absolute atomic E-state index is 0.269. The predicted molar refractivity (Wildman–Crippen MR) is 112 cm³/mol. The van der Waals surface area contributed by atoms with Gasteiger partial charge in [0.25, 0.3) is 5.91 Å². The van der Waals surface area contributed by atoms with E-state index in [9.17, 15) is 9.59 Å². The second-order valence-corrected chi connectivity index (χ2v) is 7.14. The molecule has 2 N–H and O–H groups in total. The molecule has 0 heterocycles. The molecular weight excluding hydrogens is 392 g/mol. The lowest BCUT2D eigenvalue weighted by Gasteiger charge is -2.15. The molecule has 1 atom stereocenters. The van der Waals surface area contributed by atoms with Crippen LogP contribution in [0.4, 0.5) is 0 Å². The number of hydrogen-bond acceptors (Lipinski definition) is 6. The molecule has 1 unspecified atom stereocenters. The zero-order valence-electron chi connectivity index (χ0n) is 16.8. The van der Waals surface area contributed by atoms with E-state index in [-0.39, 0.29) is 12.3 Å². The van der Waals surface area contributed by atoms with Gasteiger partial charge in [-0.1, -0.05) is 0 Å². The molecule has 8 heteroatoms. The van der Waals surface area contributed by atoms with Crippen LogP contribution in [0.1, 0.15) is 20.3 Å². The molecule has 0 saturated carbocycles. The Hall–Kier alpha value is -2.87. The van der Waals surface area contributed by atoms with Crippen LogP contribution >= 0.6 is 11.8 Å². The van der Waals surface area contributed by atoms with Crippen molar-refractivity contribution >= 4 is 23.6 Å². The highest BCUT2D eigenvalue weighted by Crippen LogP contribution is 2.21. The Morgan fingerprint density at radius 2 is 1.59 bits per heavy atom. The lowest BCUT2D eigenvalue weighted by Crippen LogP contribution is -2.47. The summed E-state index contributed by atoms with van der Waals surface area (Å²) in [5.41, 5.74) is 4.79. The molecule has 0 aliphatic rings. The first-order chi connectivity index (χ1) is 14.0. The van der Waals surface area contributed by atoms with E-state index < -0.39 is 12.0 Å². The van der Waals surface area contributed by atoms with Gasteiger partial charge in [-0.3, -0.25) is 20.4 Å². The summed E-state index contributed by atoms with van der Waals surface area (Å²) in [4.78, 5) is 25.0. The zero-order chi connectivity index (χ0) is 21.1. The standard InChI is InChI=1S/C21H26N2O5S/c1-4-27-17-5-7-18(8-6-17)28-15(2)21(25)23-22-20(24)13-14-29-19-11-9-16(26-3)10-12-19/h5-12,15H,4,13-14H2,1-3H3,(H,22,24)(H,23,25). The van der Waals surface area contributed by atoms with Gasteiger partial charge in [0, 0.05) is 17.1 Å². The van der Waals surface area contributed by atoms with Crippen molar-refractivity contribution in [2.24, 2.45) is 0 Å². The van der Waals surface area contributed by atoms with Crippen LogP contribution in [-0.2, 0) is 9.59 Å². The number of nitrogens with one attached hydrogen (secondary N) is 2. The number of carbonyl (C=O) groups is 2. The lowest BCUT2D eigenvalue weighted by molar-refractivity contribution is -0.132. The van der Waals surface area contributed by atoms with E-state index in [0.717, 1.165) is 16.4 Å². The van der Waals surface area contributed by atoms with Gasteiger partial charge in [0.1, 0.15) is 17.2 Å². The fourth-order valence-electron chi connectivity index (χ4n) is 2.27. The molecule has 2 amide bonds. The van der Waals surface area contributed by atoms with Gasteiger partial charge in [0.2, 0.25) is 5.91 Å². The van der Waals surface area contributed by atoms with Crippen molar-refractivity contribution < 1.29 is 23.8 Å². The van der Waals surface area contributed by atoms with Gasteiger partial charge in [0.05, 0.1) is 13.7 Å². The molecule has 0 fully saturated rings. The zero-order valence-corrected chi connectivity index (χ0v) is 17.6. The molecule has 156 valence electrons. The van der Waals surface area contributed by atoms with Crippen molar-refractivity contribution in [2.75, 3.05) is 19.5 Å². The van der Waals surface area contributed by atoms with E-state index in [0.29, 0.717) is 18.1 Å². The van der Waals surface area contributed by atoms with E-state index in [1.54, 1.807) is 50.1 Å². The van der Waals surface area contributed by atoms with E-state index in [1.165, 1.54) is 0 Å². The van der Waals surface area contributed by atoms with Crippen molar-refractivity contribution in [3.05, 3.63) is 48.5 Å². The molecule has 0 aliphatic carbocycles. The second-order valence-electron chi connectivity index (χ2n) is 5.98. The number of hydrazine groups is 1. The Labute approximate surface area is 175 Å². The van der Waals surface area contributed by atoms with Gasteiger partial charge < -0.3 is 14.2 Å². The summed E-state index contributed by atoms with van der Waals surface area (Å²) >= 11 is 1.55. The van der Waals surface area contributed by atoms with E-state index in [1.807, 2.05) is 31.2 Å². The van der Waals surface area contributed by atoms with Crippen molar-refractivity contribution in [1.82, 2.24) is 10.9 Å². The molecule has 0 aliphatic heterocycles. The number of rotatable bonds is 10. The maximum Gasteiger partial charge on any atom is 0.279 e. The van der Waals surface area contributed by atoms with Crippen LogP contribution in [-0.4, -0.2) is 37.4 Å². The number of hydrogen-bond donors (Lipinski definition) is 2. The summed E-state index contributed by atoms with van der Waals surface area (Å²) in [6.45, 7) is 4.09. The Morgan fingerprint density at radius 3 is 2.21 bits per heavy atom. The van der Waals surface area contributed by atoms with Gasteiger partial charge in [-0.15, -0.1) is 11.8 Å². The largest absolute Gasteiger partial charge is 0.497 e. The van der Waals surface area contributed by atoms with Crippen molar-refractivity contribution in [1.29, 1.82) is 0 Å². The number of methoxy groups -OCH3 is 1. The molecular formula is C21H26N2O5S. The van der Waals surface area contributed by atoms with Crippen LogP contribution < -0.4 is 25.1 Å². The summed E-state index contributed by atoms with van der Waals surface area (Å²) in [5, 5.41) is 0. The highest BCUT2D eigenvalue weighted by Gasteiger charge is 2.15. The maximum absolute atomic E-state index is 12.1. The first-order valence-corrected chi connectivity index (χ1v) is 10.3. The fraction of sp³-hybridized carbons (Fsp3) is 0.333. The molecule has 0 saturated heterocycles. The summed E-state index contributed by atoms with van der Waals surface area (Å²) in [5.74, 6) is 1.95. The van der Waals surface area contributed by atoms with Gasteiger partial charge in [-0.05, 0) is 62.4 Å². The molecule has 2 aromatic carbocycles. The molecule has 2 aromatic rings. The third-order valence-electron chi connectivity index (χ3n) is 3.80. The quantitative estimate of drug-likeness (QED) is 0.455. The normalized spacial score (nSPS) is 11.3. The Balaban J connectivity index is 1.66. The number of ether oxygens (including phenoxy) is 3. The van der Waals surface area contributed by atoms with Gasteiger partial charge in [-0.25, -0.2) is 0 Å². The van der Waals surface area contributed by atoms with Crippen LogP contribution in [0.25, 0.3) is 0 Å². The summed E-state index contributed by atoms with van der Waals surface area (Å²) in [6, 6.07) is 14.6. The van der Waals surface area contributed by atoms with Gasteiger partial charge >= 0.3 is 0 Å². The number of amides is 2. The maximum atomic E-state index is 12.1. The van der Waals surface area contributed by atoms with Crippen molar-refractivity contribution in [3.63, 3.8) is 0 Å². The SMILES string of the molecule is CCOc1ccc(OC(C)C(=O)NNC(=O)CCSc2ccc(OC)cc2)cc1. The first-order valence-electron chi connectivity index (χ1n) is 9.27. The molecule has 0 aromatic heterocycles. The molecule has 0 spiro atoms. The number of thioether (sulfide) groups is 1. The molecule has 2 rings (SSSR count). The third-order valence-corrected chi connectivity index (χ3v) is 4.81. The highest BCUT2D eigenvalue weighted by atomic mass is 32.2. The Kier molecular flexibility index (Phi) is 9.17. The molecule has 0 bridgehead atoms. The predicted octanol–water partition coefficient (Wildman–Crippen LogP) is 3.19. The summed E-state index contributed by atoms with van der Waals surface area (Å²) < 4.78 is 16.0. The average Bonchev–Trinajstić information content (AvgIpc) is 2.74. The molecule has 7 nitrogen and oxygen atoms in total. The molecule has 0 radical (unpaired) electrons. The fourth-order valence-corrected chi connectivity index (χ4v) is 3.12. The number of carbonyl (C=O) groups excluding carboxylic acids is 2. The minimum atomic E-state index is -0.762. The van der Waals surface area contributed by atoms with Crippen molar-refractivity contribution in [3.8, 4) is 17.2 Å². The van der Waals surface area contributed by atoms with E-state index >= 15 is 0 Å². The smallest absolute Gasteiger partial charge is 0.279 e. The number of benzene rings is 2. The minimum Gasteiger partial charge on any atom is -0.497 e. The topological polar surface area (TPSA) is 85.9 Å². The van der Waals surface area contributed by atoms with Gasteiger partial charge in [0.15, 0.2) is 6.10 Å². The Bertz CT molecular complexity index is 781. The monoisotopic (exact) mass is 418 g/mol. The Morgan fingerprint density at radius 1 is 0.966 bits per heavy atom. The van der Waals surface area contributed by atoms with E-state index in [4.69, 9.17) is 14.2 Å². The molecule has 29 heavy (non-hydrogen) atoms. The lowest BCUT2D eigenvalue weighted by atomic mass is 10.3. The van der Waals surface area contributed by atoms with Crippen molar-refractivity contribution in [2.45, 2.75) is 31.3 Å². The van der Waals surface area contributed by atoms with Crippen LogP contribution in [0.15, 0.2) is 53.4 Å². The van der Waals surface area contributed by atoms with Gasteiger partial charge in [-0.2, -0.15) is 0 Å². The van der Waals surface area contributed by atoms with E-state index in [2.05, 4.69) is 10.9 Å². The first kappa shape index (κ1) is 22.4. The van der Waals surface area contributed by atoms with Crippen LogP contribution in [0.2, 0.25) is 0 Å². The van der Waals surface area contributed by atoms with Crippen LogP contribution in [0, 0.1) is 0 Å². The summed E-state index contributed by atoms with van der Waals surface area (Å²) in [7, 11) is 1.62. The highest BCUT2D eigenvalue weighted by molar-refractivity contribution is 7.99.